The maximum atomic E-state index is 4.43. The molecule has 0 saturated carbocycles. The second-order valence-electron chi connectivity index (χ2n) is 4.36. The maximum absolute atomic E-state index is 4.43. The van der Waals surface area contributed by atoms with E-state index in [0.29, 0.717) is 0 Å². The van der Waals surface area contributed by atoms with Crippen molar-refractivity contribution in [1.82, 2.24) is 15.1 Å². The summed E-state index contributed by atoms with van der Waals surface area (Å²) in [5.41, 5.74) is 2.28. The van der Waals surface area contributed by atoms with Gasteiger partial charge in [-0.2, -0.15) is 5.10 Å². The number of rotatable bonds is 2. The summed E-state index contributed by atoms with van der Waals surface area (Å²) in [6.45, 7) is 4.19. The van der Waals surface area contributed by atoms with Crippen LogP contribution in [-0.4, -0.2) is 36.0 Å². The van der Waals surface area contributed by atoms with E-state index in [9.17, 15) is 0 Å². The average molecular weight is 307 g/mol. The number of benzene rings is 1. The number of aromatic nitrogens is 2. The van der Waals surface area contributed by atoms with Crippen LogP contribution < -0.4 is 10.2 Å². The molecule has 1 aromatic carbocycles. The summed E-state index contributed by atoms with van der Waals surface area (Å²) in [4.78, 5) is 2.36. The monoisotopic (exact) mass is 306 g/mol. The summed E-state index contributed by atoms with van der Waals surface area (Å²) in [5, 5.41) is 7.79. The molecule has 5 heteroatoms. The molecule has 3 rings (SSSR count). The van der Waals surface area contributed by atoms with Crippen LogP contribution in [0.15, 0.2) is 41.1 Å². The molecule has 1 N–H and O–H groups in total. The quantitative estimate of drug-likeness (QED) is 0.922. The Labute approximate surface area is 115 Å². The van der Waals surface area contributed by atoms with Crippen molar-refractivity contribution in [2.75, 3.05) is 31.1 Å². The molecule has 1 saturated heterocycles. The van der Waals surface area contributed by atoms with E-state index in [2.05, 4.69) is 49.6 Å². The van der Waals surface area contributed by atoms with Gasteiger partial charge in [0.15, 0.2) is 0 Å². The number of hydrogen-bond donors (Lipinski definition) is 1. The first-order valence-electron chi connectivity index (χ1n) is 6.09. The second-order valence-corrected chi connectivity index (χ2v) is 5.27. The molecule has 4 nitrogen and oxygen atoms in total. The van der Waals surface area contributed by atoms with E-state index in [-0.39, 0.29) is 0 Å². The van der Waals surface area contributed by atoms with Gasteiger partial charge in [-0.3, -0.25) is 0 Å². The molecule has 18 heavy (non-hydrogen) atoms. The molecule has 1 aromatic heterocycles. The number of anilines is 1. The average Bonchev–Trinajstić information content (AvgIpc) is 2.90. The van der Waals surface area contributed by atoms with Gasteiger partial charge in [-0.05, 0) is 24.3 Å². The standard InChI is InChI=1S/C13H15BrN4/c14-11-1-3-12(4-2-11)18-10-13(9-16-18)17-7-5-15-6-8-17/h1-4,9-10,15H,5-8H2. The lowest BCUT2D eigenvalue weighted by molar-refractivity contribution is 0.589. The van der Waals surface area contributed by atoms with Gasteiger partial charge in [-0.25, -0.2) is 4.68 Å². The first kappa shape index (κ1) is 11.7. The summed E-state index contributed by atoms with van der Waals surface area (Å²) in [7, 11) is 0. The Morgan fingerprint density at radius 3 is 2.50 bits per heavy atom. The van der Waals surface area contributed by atoms with Gasteiger partial charge >= 0.3 is 0 Å². The first-order valence-corrected chi connectivity index (χ1v) is 6.88. The molecular weight excluding hydrogens is 292 g/mol. The Bertz CT molecular complexity index is 514. The van der Waals surface area contributed by atoms with E-state index < -0.39 is 0 Å². The normalized spacial score (nSPS) is 15.9. The lowest BCUT2D eigenvalue weighted by Crippen LogP contribution is -2.43. The minimum Gasteiger partial charge on any atom is -0.366 e. The molecule has 0 bridgehead atoms. The van der Waals surface area contributed by atoms with Crippen LogP contribution in [0.5, 0.6) is 0 Å². The molecule has 0 spiro atoms. The van der Waals surface area contributed by atoms with Crippen molar-refractivity contribution in [3.8, 4) is 5.69 Å². The van der Waals surface area contributed by atoms with Crippen molar-refractivity contribution in [1.29, 1.82) is 0 Å². The van der Waals surface area contributed by atoms with E-state index in [1.54, 1.807) is 0 Å². The van der Waals surface area contributed by atoms with Gasteiger partial charge in [0.05, 0.1) is 23.8 Å². The molecular formula is C13H15BrN4. The molecule has 0 unspecified atom stereocenters. The Kier molecular flexibility index (Phi) is 3.34. The van der Waals surface area contributed by atoms with Crippen LogP contribution >= 0.6 is 15.9 Å². The summed E-state index contributed by atoms with van der Waals surface area (Å²) in [5.74, 6) is 0. The minimum absolute atomic E-state index is 1.05. The van der Waals surface area contributed by atoms with Gasteiger partial charge in [0.2, 0.25) is 0 Å². The first-order chi connectivity index (χ1) is 8.83. The Balaban J connectivity index is 1.82. The van der Waals surface area contributed by atoms with Crippen LogP contribution in [0.3, 0.4) is 0 Å². The molecule has 0 atom stereocenters. The molecule has 1 fully saturated rings. The molecule has 0 aliphatic carbocycles. The van der Waals surface area contributed by atoms with E-state index in [0.717, 1.165) is 36.3 Å². The van der Waals surface area contributed by atoms with Crippen molar-refractivity contribution in [2.24, 2.45) is 0 Å². The van der Waals surface area contributed by atoms with Crippen molar-refractivity contribution < 1.29 is 0 Å². The Hall–Kier alpha value is -1.33. The highest BCUT2D eigenvalue weighted by Crippen LogP contribution is 2.18. The van der Waals surface area contributed by atoms with Crippen LogP contribution in [0.1, 0.15) is 0 Å². The van der Waals surface area contributed by atoms with Gasteiger partial charge in [0.25, 0.3) is 0 Å². The number of halogens is 1. The van der Waals surface area contributed by atoms with E-state index in [1.165, 1.54) is 5.69 Å². The number of hydrogen-bond acceptors (Lipinski definition) is 3. The van der Waals surface area contributed by atoms with Crippen LogP contribution in [0, 0.1) is 0 Å². The summed E-state index contributed by atoms with van der Waals surface area (Å²) in [6.07, 6.45) is 4.03. The highest BCUT2D eigenvalue weighted by Gasteiger charge is 2.12. The van der Waals surface area contributed by atoms with Crippen molar-refractivity contribution >= 4 is 21.6 Å². The fourth-order valence-corrected chi connectivity index (χ4v) is 2.40. The molecule has 0 radical (unpaired) electrons. The smallest absolute Gasteiger partial charge is 0.0758 e. The van der Waals surface area contributed by atoms with Gasteiger partial charge in [-0.1, -0.05) is 15.9 Å². The van der Waals surface area contributed by atoms with Crippen LogP contribution in [0.4, 0.5) is 5.69 Å². The zero-order valence-corrected chi connectivity index (χ0v) is 11.6. The van der Waals surface area contributed by atoms with E-state index in [1.807, 2.05) is 23.0 Å². The SMILES string of the molecule is Brc1ccc(-n2cc(N3CCNCC3)cn2)cc1. The zero-order valence-electron chi connectivity index (χ0n) is 10.0. The minimum atomic E-state index is 1.05. The number of piperazine rings is 1. The van der Waals surface area contributed by atoms with E-state index in [4.69, 9.17) is 0 Å². The van der Waals surface area contributed by atoms with Gasteiger partial charge in [0, 0.05) is 30.7 Å². The third-order valence-corrected chi connectivity index (χ3v) is 3.67. The number of nitrogens with one attached hydrogen (secondary N) is 1. The largest absolute Gasteiger partial charge is 0.366 e. The van der Waals surface area contributed by atoms with Gasteiger partial charge < -0.3 is 10.2 Å². The van der Waals surface area contributed by atoms with Crippen molar-refractivity contribution in [3.63, 3.8) is 0 Å². The fraction of sp³-hybridized carbons (Fsp3) is 0.308. The Morgan fingerprint density at radius 1 is 1.06 bits per heavy atom. The zero-order chi connectivity index (χ0) is 12.4. The van der Waals surface area contributed by atoms with Gasteiger partial charge in [-0.15, -0.1) is 0 Å². The second kappa shape index (κ2) is 5.12. The third kappa shape index (κ3) is 2.42. The predicted molar refractivity (Wildman–Crippen MR) is 76.3 cm³/mol. The van der Waals surface area contributed by atoms with Crippen molar-refractivity contribution in [3.05, 3.63) is 41.1 Å². The lowest BCUT2D eigenvalue weighted by atomic mass is 10.3. The van der Waals surface area contributed by atoms with E-state index >= 15 is 0 Å². The summed E-state index contributed by atoms with van der Waals surface area (Å²) in [6, 6.07) is 8.17. The molecule has 0 amide bonds. The molecule has 1 aliphatic rings. The molecule has 2 aromatic rings. The highest BCUT2D eigenvalue weighted by atomic mass is 79.9. The Morgan fingerprint density at radius 2 is 1.78 bits per heavy atom. The predicted octanol–water partition coefficient (Wildman–Crippen LogP) is 2.04. The van der Waals surface area contributed by atoms with Crippen LogP contribution in [-0.2, 0) is 0 Å². The number of nitrogens with zero attached hydrogens (tertiary/aromatic N) is 3. The topological polar surface area (TPSA) is 33.1 Å². The maximum Gasteiger partial charge on any atom is 0.0758 e. The third-order valence-electron chi connectivity index (χ3n) is 3.14. The molecule has 2 heterocycles. The fourth-order valence-electron chi connectivity index (χ4n) is 2.13. The summed E-state index contributed by atoms with van der Waals surface area (Å²) < 4.78 is 3.00. The van der Waals surface area contributed by atoms with Crippen LogP contribution in [0.2, 0.25) is 0 Å². The van der Waals surface area contributed by atoms with Crippen LogP contribution in [0.25, 0.3) is 5.69 Å². The molecule has 94 valence electrons. The lowest BCUT2D eigenvalue weighted by Gasteiger charge is -2.27. The van der Waals surface area contributed by atoms with Crippen molar-refractivity contribution in [2.45, 2.75) is 0 Å². The summed E-state index contributed by atoms with van der Waals surface area (Å²) >= 11 is 3.44. The van der Waals surface area contributed by atoms with Gasteiger partial charge in [0.1, 0.15) is 0 Å². The molecule has 1 aliphatic heterocycles. The highest BCUT2D eigenvalue weighted by molar-refractivity contribution is 9.10.